The predicted molar refractivity (Wildman–Crippen MR) is 78.6 cm³/mol. The molecular weight excluding hydrogens is 284 g/mol. The van der Waals surface area contributed by atoms with Gasteiger partial charge in [-0.25, -0.2) is 4.79 Å². The molecule has 0 saturated carbocycles. The zero-order valence-corrected chi connectivity index (χ0v) is 11.2. The Balaban J connectivity index is 1.83. The molecule has 0 fully saturated rings. The second-order valence-electron chi connectivity index (χ2n) is 4.42. The lowest BCUT2D eigenvalue weighted by molar-refractivity contribution is 0.455. The molecule has 2 aromatic heterocycles. The van der Waals surface area contributed by atoms with Gasteiger partial charge in [0.1, 0.15) is 11.5 Å². The van der Waals surface area contributed by atoms with Crippen molar-refractivity contribution >= 4 is 6.21 Å². The Morgan fingerprint density at radius 2 is 2.05 bits per heavy atom. The molecule has 3 rings (SSSR count). The van der Waals surface area contributed by atoms with E-state index in [9.17, 15) is 4.79 Å². The maximum atomic E-state index is 11.3. The Bertz CT molecular complexity index is 923. The number of aromatic hydroxyl groups is 1. The molecule has 3 aromatic rings. The molecule has 0 atom stereocenters. The first kappa shape index (κ1) is 13.5. The Kier molecular flexibility index (Phi) is 3.34. The van der Waals surface area contributed by atoms with Gasteiger partial charge in [-0.2, -0.15) is 15.0 Å². The van der Waals surface area contributed by atoms with Crippen LogP contribution in [-0.2, 0) is 0 Å². The molecule has 0 saturated heterocycles. The molecule has 2 N–H and O–H groups in total. The molecule has 7 nitrogen and oxygen atoms in total. The van der Waals surface area contributed by atoms with Gasteiger partial charge >= 0.3 is 5.69 Å². The van der Waals surface area contributed by atoms with Gasteiger partial charge in [0.2, 0.25) is 5.88 Å². The average Bonchev–Trinajstić information content (AvgIpc) is 3.12. The lowest BCUT2D eigenvalue weighted by Gasteiger charge is -1.96. The summed E-state index contributed by atoms with van der Waals surface area (Å²) in [6.45, 7) is 0. The van der Waals surface area contributed by atoms with E-state index in [2.05, 4.69) is 10.1 Å². The molecule has 22 heavy (non-hydrogen) atoms. The fourth-order valence-corrected chi connectivity index (χ4v) is 1.86. The molecule has 0 aliphatic carbocycles. The normalized spacial score (nSPS) is 10.9. The summed E-state index contributed by atoms with van der Waals surface area (Å²) >= 11 is 0. The summed E-state index contributed by atoms with van der Waals surface area (Å²) in [6, 6.07) is 12.5. The molecule has 7 heteroatoms. The summed E-state index contributed by atoms with van der Waals surface area (Å²) < 4.78 is 6.55. The molecule has 0 aliphatic rings. The minimum absolute atomic E-state index is 0.264. The summed E-state index contributed by atoms with van der Waals surface area (Å²) in [5.74, 6) is 0.807. The van der Waals surface area contributed by atoms with E-state index >= 15 is 0 Å². The Hall–Kier alpha value is -3.53. The number of hydrogen-bond acceptors (Lipinski definition) is 5. The molecule has 0 spiro atoms. The minimum Gasteiger partial charge on any atom is -0.493 e. The van der Waals surface area contributed by atoms with Crippen LogP contribution in [0.3, 0.4) is 0 Å². The highest BCUT2D eigenvalue weighted by atomic mass is 16.3. The maximum absolute atomic E-state index is 11.3. The van der Waals surface area contributed by atoms with Gasteiger partial charge in [-0.1, -0.05) is 0 Å². The van der Waals surface area contributed by atoms with Crippen molar-refractivity contribution in [3.63, 3.8) is 0 Å². The van der Waals surface area contributed by atoms with Crippen LogP contribution in [0.25, 0.3) is 11.3 Å². The first-order valence-corrected chi connectivity index (χ1v) is 6.31. The summed E-state index contributed by atoms with van der Waals surface area (Å²) in [5.41, 5.74) is 0.853. The zero-order valence-electron chi connectivity index (χ0n) is 11.2. The molecular formula is C15H10N4O3. The highest BCUT2D eigenvalue weighted by molar-refractivity contribution is 5.77. The summed E-state index contributed by atoms with van der Waals surface area (Å²) in [4.78, 5) is 13.5. The zero-order chi connectivity index (χ0) is 15.5. The van der Waals surface area contributed by atoms with E-state index in [0.29, 0.717) is 17.1 Å². The molecule has 0 bridgehead atoms. The summed E-state index contributed by atoms with van der Waals surface area (Å²) in [7, 11) is 0. The van der Waals surface area contributed by atoms with Gasteiger partial charge < -0.3 is 9.52 Å². The molecule has 108 valence electrons. The number of nitrogens with one attached hydrogen (secondary N) is 1. The van der Waals surface area contributed by atoms with Crippen LogP contribution >= 0.6 is 0 Å². The van der Waals surface area contributed by atoms with Crippen LogP contribution in [0.1, 0.15) is 11.3 Å². The highest BCUT2D eigenvalue weighted by Crippen LogP contribution is 2.21. The smallest absolute Gasteiger partial charge is 0.349 e. The van der Waals surface area contributed by atoms with Gasteiger partial charge in [-0.3, -0.25) is 4.98 Å². The third-order valence-corrected chi connectivity index (χ3v) is 2.92. The fraction of sp³-hybridized carbons (Fsp3) is 0. The number of aromatic amines is 1. The Morgan fingerprint density at radius 1 is 1.27 bits per heavy atom. The Morgan fingerprint density at radius 3 is 2.68 bits per heavy atom. The molecule has 0 radical (unpaired) electrons. The number of hydrogen-bond donors (Lipinski definition) is 2. The van der Waals surface area contributed by atoms with E-state index in [4.69, 9.17) is 14.8 Å². The van der Waals surface area contributed by atoms with E-state index in [1.165, 1.54) is 6.21 Å². The number of nitrogens with zero attached hydrogens (tertiary/aromatic N) is 3. The molecule has 2 heterocycles. The van der Waals surface area contributed by atoms with E-state index in [-0.39, 0.29) is 5.88 Å². The number of nitriles is 1. The molecule has 0 unspecified atom stereocenters. The largest absolute Gasteiger partial charge is 0.493 e. The van der Waals surface area contributed by atoms with Crippen LogP contribution < -0.4 is 5.69 Å². The summed E-state index contributed by atoms with van der Waals surface area (Å²) in [5, 5.41) is 21.8. The second-order valence-corrected chi connectivity index (χ2v) is 4.42. The summed E-state index contributed by atoms with van der Waals surface area (Å²) in [6.07, 6.45) is 2.52. The van der Waals surface area contributed by atoms with Gasteiger partial charge in [-0.15, -0.1) is 0 Å². The number of benzene rings is 1. The monoisotopic (exact) mass is 294 g/mol. The number of imidazole rings is 1. The van der Waals surface area contributed by atoms with Gasteiger partial charge in [0.15, 0.2) is 0 Å². The highest BCUT2D eigenvalue weighted by Gasteiger charge is 2.04. The maximum Gasteiger partial charge on any atom is 0.349 e. The number of aromatic nitrogens is 2. The topological polar surface area (TPSA) is 107 Å². The van der Waals surface area contributed by atoms with Gasteiger partial charge in [0.05, 0.1) is 24.0 Å². The van der Waals surface area contributed by atoms with Gasteiger partial charge in [0, 0.05) is 5.56 Å². The number of furan rings is 1. The van der Waals surface area contributed by atoms with Crippen molar-refractivity contribution < 1.29 is 9.52 Å². The van der Waals surface area contributed by atoms with Crippen molar-refractivity contribution in [2.75, 3.05) is 0 Å². The minimum atomic E-state index is -0.548. The molecule has 0 aliphatic heterocycles. The van der Waals surface area contributed by atoms with Crippen molar-refractivity contribution in [3.8, 4) is 23.3 Å². The first-order chi connectivity index (χ1) is 10.7. The van der Waals surface area contributed by atoms with Crippen molar-refractivity contribution in [3.05, 3.63) is 64.4 Å². The lowest BCUT2D eigenvalue weighted by Crippen LogP contribution is -2.11. The second kappa shape index (κ2) is 5.46. The quantitative estimate of drug-likeness (QED) is 0.719. The van der Waals surface area contributed by atoms with Crippen LogP contribution in [0.2, 0.25) is 0 Å². The van der Waals surface area contributed by atoms with E-state index in [0.717, 1.165) is 16.4 Å². The van der Waals surface area contributed by atoms with Crippen molar-refractivity contribution in [2.45, 2.75) is 0 Å². The predicted octanol–water partition coefficient (Wildman–Crippen LogP) is 1.90. The number of H-pyrrole nitrogens is 1. The average molecular weight is 294 g/mol. The fourth-order valence-electron chi connectivity index (χ4n) is 1.86. The van der Waals surface area contributed by atoms with E-state index in [1.54, 1.807) is 36.4 Å². The first-order valence-electron chi connectivity index (χ1n) is 6.31. The van der Waals surface area contributed by atoms with Crippen molar-refractivity contribution in [1.29, 1.82) is 5.26 Å². The van der Waals surface area contributed by atoms with E-state index < -0.39 is 5.69 Å². The number of rotatable bonds is 3. The Labute approximate surface area is 124 Å². The van der Waals surface area contributed by atoms with Crippen LogP contribution in [0.15, 0.2) is 56.9 Å². The standard InChI is InChI=1S/C15H10N4O3/c16-7-10-1-3-11(4-2-10)13-6-5-12(22-13)8-17-19-9-14(20)18-15(19)21/h1-6,8-9,20H,(H,18,21). The SMILES string of the molecule is N#Cc1ccc(-c2ccc(C=Nn3cc(O)[nH]c3=O)o2)cc1. The van der Waals surface area contributed by atoms with Gasteiger partial charge in [0.25, 0.3) is 0 Å². The molecule has 0 amide bonds. The lowest BCUT2D eigenvalue weighted by atomic mass is 10.1. The molecule has 1 aromatic carbocycles. The van der Waals surface area contributed by atoms with Crippen LogP contribution in [0.5, 0.6) is 5.88 Å². The third-order valence-electron chi connectivity index (χ3n) is 2.92. The van der Waals surface area contributed by atoms with Crippen LogP contribution in [0.4, 0.5) is 0 Å². The third kappa shape index (κ3) is 2.66. The van der Waals surface area contributed by atoms with Crippen LogP contribution in [-0.4, -0.2) is 21.0 Å². The van der Waals surface area contributed by atoms with Crippen molar-refractivity contribution in [1.82, 2.24) is 9.66 Å². The van der Waals surface area contributed by atoms with Crippen LogP contribution in [0, 0.1) is 11.3 Å². The van der Waals surface area contributed by atoms with Gasteiger partial charge in [-0.05, 0) is 36.4 Å². The van der Waals surface area contributed by atoms with Crippen molar-refractivity contribution in [2.24, 2.45) is 5.10 Å². The van der Waals surface area contributed by atoms with E-state index in [1.807, 2.05) is 6.07 Å².